The zero-order valence-corrected chi connectivity index (χ0v) is 10.4. The van der Waals surface area contributed by atoms with E-state index in [-0.39, 0.29) is 61.9 Å². The Morgan fingerprint density at radius 3 is 1.07 bits per heavy atom. The second-order valence-electron chi connectivity index (χ2n) is 1.53. The fourth-order valence-corrected chi connectivity index (χ4v) is 0.258. The number of rotatable bonds is 3. The summed E-state index contributed by atoms with van der Waals surface area (Å²) in [6, 6.07) is 0. The van der Waals surface area contributed by atoms with Crippen LogP contribution in [0.3, 0.4) is 0 Å². The molecule has 10 heteroatoms. The molecule has 0 rings (SSSR count). The Morgan fingerprint density at radius 2 is 1.00 bits per heavy atom. The Bertz CT molecular complexity index is 141. The standard InChI is InChI=1S/C4H6O6.3H2O.Sr/c5-1(3(7)8)2(6)4(9)10;;;;/h1-2,5-6H,(H,7,8)(H,9,10);3*1H2;/q;;;;+2/p-2. The summed E-state index contributed by atoms with van der Waals surface area (Å²) in [5.41, 5.74) is 0. The number of carbonyl (C=O) groups excluding carboxylic acids is 2. The molecule has 0 aliphatic carbocycles. The van der Waals surface area contributed by atoms with E-state index in [9.17, 15) is 19.8 Å². The molecule has 0 fully saturated rings. The number of aliphatic carboxylic acids is 2. The summed E-state index contributed by atoms with van der Waals surface area (Å²) in [7, 11) is 0. The average Bonchev–Trinajstić information content (AvgIpc) is 1.84. The maximum atomic E-state index is 9.63. The first-order chi connectivity index (χ1) is 4.46. The summed E-state index contributed by atoms with van der Waals surface area (Å²) in [4.78, 5) is 19.3. The molecule has 0 aliphatic rings. The van der Waals surface area contributed by atoms with Crippen LogP contribution in [-0.2, 0) is 9.59 Å². The molecular formula is C4H10O9Sr. The van der Waals surface area contributed by atoms with Crippen LogP contribution in [0.5, 0.6) is 0 Å². The van der Waals surface area contributed by atoms with Crippen LogP contribution in [0.2, 0.25) is 0 Å². The van der Waals surface area contributed by atoms with E-state index in [1.807, 2.05) is 0 Å². The van der Waals surface area contributed by atoms with E-state index in [0.717, 1.165) is 0 Å². The topological polar surface area (TPSA) is 215 Å². The Labute approximate surface area is 115 Å². The van der Waals surface area contributed by atoms with Crippen LogP contribution in [0.4, 0.5) is 0 Å². The molecule has 0 amide bonds. The zero-order chi connectivity index (χ0) is 8.31. The van der Waals surface area contributed by atoms with E-state index >= 15 is 0 Å². The van der Waals surface area contributed by atoms with Gasteiger partial charge in [0.15, 0.2) is 0 Å². The van der Waals surface area contributed by atoms with Gasteiger partial charge in [0.25, 0.3) is 0 Å². The normalized spacial score (nSPS) is 11.3. The first-order valence-corrected chi connectivity index (χ1v) is 2.24. The number of aliphatic hydroxyl groups excluding tert-OH is 2. The first kappa shape index (κ1) is 29.2. The second-order valence-corrected chi connectivity index (χ2v) is 1.53. The number of carboxylic acids is 2. The van der Waals surface area contributed by atoms with Crippen molar-refractivity contribution in [2.45, 2.75) is 12.2 Å². The molecule has 14 heavy (non-hydrogen) atoms. The van der Waals surface area contributed by atoms with Gasteiger partial charge in [-0.2, -0.15) is 0 Å². The van der Waals surface area contributed by atoms with Crippen molar-refractivity contribution < 1.29 is 46.4 Å². The van der Waals surface area contributed by atoms with E-state index in [1.165, 1.54) is 0 Å². The van der Waals surface area contributed by atoms with Gasteiger partial charge >= 0.3 is 45.5 Å². The molecule has 2 atom stereocenters. The number of hydrogen-bond acceptors (Lipinski definition) is 6. The maximum absolute atomic E-state index is 9.63. The Balaban J connectivity index is -0.0000000675. The summed E-state index contributed by atoms with van der Waals surface area (Å²) < 4.78 is 0. The van der Waals surface area contributed by atoms with Crippen molar-refractivity contribution in [2.24, 2.45) is 0 Å². The van der Waals surface area contributed by atoms with Gasteiger partial charge in [0.05, 0.1) is 11.9 Å². The predicted molar refractivity (Wildman–Crippen MR) is 38.6 cm³/mol. The molecule has 82 valence electrons. The van der Waals surface area contributed by atoms with Crippen molar-refractivity contribution in [3.8, 4) is 0 Å². The number of carboxylic acid groups (broad SMARTS) is 2. The molecule has 0 radical (unpaired) electrons. The second kappa shape index (κ2) is 13.2. The summed E-state index contributed by atoms with van der Waals surface area (Å²) in [6.07, 6.45) is -4.88. The largest absolute Gasteiger partial charge is 2.00 e. The molecular weight excluding hydrogens is 280 g/mol. The van der Waals surface area contributed by atoms with Gasteiger partial charge in [-0.05, 0) is 0 Å². The van der Waals surface area contributed by atoms with E-state index in [0.29, 0.717) is 0 Å². The van der Waals surface area contributed by atoms with Gasteiger partial charge in [0, 0.05) is 0 Å². The van der Waals surface area contributed by atoms with Gasteiger partial charge in [-0.1, -0.05) is 0 Å². The molecule has 0 bridgehead atoms. The van der Waals surface area contributed by atoms with Crippen LogP contribution in [-0.4, -0.2) is 96.3 Å². The van der Waals surface area contributed by atoms with Crippen LogP contribution in [0.25, 0.3) is 0 Å². The van der Waals surface area contributed by atoms with Crippen molar-refractivity contribution in [2.75, 3.05) is 0 Å². The van der Waals surface area contributed by atoms with Gasteiger partial charge < -0.3 is 46.4 Å². The third kappa shape index (κ3) is 10.3. The van der Waals surface area contributed by atoms with E-state index < -0.39 is 24.1 Å². The first-order valence-electron chi connectivity index (χ1n) is 2.24. The molecule has 0 spiro atoms. The minimum atomic E-state index is -2.44. The Morgan fingerprint density at radius 1 is 0.857 bits per heavy atom. The van der Waals surface area contributed by atoms with Crippen molar-refractivity contribution >= 4 is 57.4 Å². The number of hydrogen-bond donors (Lipinski definition) is 2. The molecule has 0 aromatic carbocycles. The fraction of sp³-hybridized carbons (Fsp3) is 0.500. The maximum Gasteiger partial charge on any atom is 2.00 e. The molecule has 9 nitrogen and oxygen atoms in total. The van der Waals surface area contributed by atoms with Crippen molar-refractivity contribution in [1.82, 2.24) is 0 Å². The molecule has 2 unspecified atom stereocenters. The zero-order valence-electron chi connectivity index (χ0n) is 6.89. The van der Waals surface area contributed by atoms with E-state index in [2.05, 4.69) is 0 Å². The third-order valence-corrected chi connectivity index (χ3v) is 0.782. The molecule has 8 N–H and O–H groups in total. The Kier molecular flexibility index (Phi) is 27.6. The number of carbonyl (C=O) groups is 2. The van der Waals surface area contributed by atoms with Crippen molar-refractivity contribution in [1.29, 1.82) is 0 Å². The van der Waals surface area contributed by atoms with Crippen molar-refractivity contribution in [3.05, 3.63) is 0 Å². The van der Waals surface area contributed by atoms with Crippen LogP contribution >= 0.6 is 0 Å². The quantitative estimate of drug-likeness (QED) is 0.480. The summed E-state index contributed by atoms with van der Waals surface area (Å²) in [6.45, 7) is 0. The summed E-state index contributed by atoms with van der Waals surface area (Å²) in [5.74, 6) is -4.12. The molecule has 0 aliphatic heterocycles. The minimum Gasteiger partial charge on any atom is -0.547 e. The minimum absolute atomic E-state index is 0. The number of aliphatic hydroxyl groups is 2. The SMILES string of the molecule is O.O.O.O=C([O-])C(O)C(O)C(=O)[O-].[Sr+2]. The van der Waals surface area contributed by atoms with Gasteiger partial charge in [-0.15, -0.1) is 0 Å². The molecule has 0 saturated heterocycles. The van der Waals surface area contributed by atoms with Crippen LogP contribution < -0.4 is 10.2 Å². The fourth-order valence-electron chi connectivity index (χ4n) is 0.258. The van der Waals surface area contributed by atoms with Gasteiger partial charge in [0.1, 0.15) is 12.2 Å². The Hall–Kier alpha value is 0.221. The predicted octanol–water partition coefficient (Wildman–Crippen LogP) is -7.65. The smallest absolute Gasteiger partial charge is 0.547 e. The summed E-state index contributed by atoms with van der Waals surface area (Å²) >= 11 is 0. The van der Waals surface area contributed by atoms with Crippen molar-refractivity contribution in [3.63, 3.8) is 0 Å². The monoisotopic (exact) mass is 290 g/mol. The van der Waals surface area contributed by atoms with Crippen LogP contribution in [0, 0.1) is 0 Å². The van der Waals surface area contributed by atoms with Crippen LogP contribution in [0.15, 0.2) is 0 Å². The van der Waals surface area contributed by atoms with E-state index in [1.54, 1.807) is 0 Å². The van der Waals surface area contributed by atoms with Gasteiger partial charge in [0.2, 0.25) is 0 Å². The third-order valence-electron chi connectivity index (χ3n) is 0.782. The van der Waals surface area contributed by atoms with E-state index in [4.69, 9.17) is 10.2 Å². The molecule has 0 aromatic rings. The van der Waals surface area contributed by atoms with Gasteiger partial charge in [-0.3, -0.25) is 0 Å². The molecule has 0 aromatic heterocycles. The average molecular weight is 290 g/mol. The molecule has 0 saturated carbocycles. The molecule has 0 heterocycles. The van der Waals surface area contributed by atoms with Crippen LogP contribution in [0.1, 0.15) is 0 Å². The van der Waals surface area contributed by atoms with Gasteiger partial charge in [-0.25, -0.2) is 0 Å². The summed E-state index contributed by atoms with van der Waals surface area (Å²) in [5, 5.41) is 35.7.